The molecule has 0 fully saturated rings. The Kier molecular flexibility index (Phi) is 4.93. The third-order valence-electron chi connectivity index (χ3n) is 1.73. The molecule has 0 unspecified atom stereocenters. The summed E-state index contributed by atoms with van der Waals surface area (Å²) >= 11 is 2.05. The Morgan fingerprint density at radius 2 is 1.83 bits per heavy atom. The van der Waals surface area contributed by atoms with Gasteiger partial charge < -0.3 is 0 Å². The van der Waals surface area contributed by atoms with Gasteiger partial charge in [0.25, 0.3) is 0 Å². The van der Waals surface area contributed by atoms with E-state index in [1.165, 1.54) is 29.9 Å². The lowest BCUT2D eigenvalue weighted by atomic mass is 10.2. The van der Waals surface area contributed by atoms with Crippen LogP contribution in [-0.4, -0.2) is 11.5 Å². The first kappa shape index (κ1) is 9.66. The minimum absolute atomic E-state index is 1.21. The maximum absolute atomic E-state index is 2.23. The van der Waals surface area contributed by atoms with Gasteiger partial charge in [-0.2, -0.15) is 11.8 Å². The summed E-state index contributed by atoms with van der Waals surface area (Å²) in [6.07, 6.45) is 2.50. The highest BCUT2D eigenvalue weighted by Gasteiger charge is 1.90. The van der Waals surface area contributed by atoms with Crippen LogP contribution in [0.4, 0.5) is 0 Å². The monoisotopic (exact) mass is 180 g/mol. The van der Waals surface area contributed by atoms with Crippen LogP contribution in [0.25, 0.3) is 0 Å². The van der Waals surface area contributed by atoms with E-state index in [0.717, 1.165) is 0 Å². The van der Waals surface area contributed by atoms with Crippen LogP contribution in [0.1, 0.15) is 18.9 Å². The molecule has 0 heterocycles. The van der Waals surface area contributed by atoms with Crippen LogP contribution >= 0.6 is 11.8 Å². The lowest BCUT2D eigenvalue weighted by Gasteiger charge is -1.99. The highest BCUT2D eigenvalue weighted by molar-refractivity contribution is 7.99. The van der Waals surface area contributed by atoms with Crippen molar-refractivity contribution >= 4 is 11.8 Å². The molecular weight excluding hydrogens is 164 g/mol. The third kappa shape index (κ3) is 3.82. The van der Waals surface area contributed by atoms with Crippen molar-refractivity contribution in [2.24, 2.45) is 0 Å². The fourth-order valence-electron chi connectivity index (χ4n) is 1.08. The zero-order chi connectivity index (χ0) is 8.65. The van der Waals surface area contributed by atoms with Gasteiger partial charge in [0.1, 0.15) is 0 Å². The molecule has 12 heavy (non-hydrogen) atoms. The van der Waals surface area contributed by atoms with E-state index in [0.29, 0.717) is 0 Å². The Balaban J connectivity index is 2.16. The molecule has 0 aliphatic carbocycles. The normalized spacial score (nSPS) is 10.1. The maximum atomic E-state index is 2.23. The third-order valence-corrected chi connectivity index (χ3v) is 2.92. The summed E-state index contributed by atoms with van der Waals surface area (Å²) < 4.78 is 0. The van der Waals surface area contributed by atoms with E-state index in [9.17, 15) is 0 Å². The summed E-state index contributed by atoms with van der Waals surface area (Å²) in [6.45, 7) is 2.23. The molecule has 0 aromatic heterocycles. The second-order valence-electron chi connectivity index (χ2n) is 2.85. The predicted molar refractivity (Wildman–Crippen MR) is 57.8 cm³/mol. The Morgan fingerprint density at radius 3 is 2.50 bits per heavy atom. The fourth-order valence-corrected chi connectivity index (χ4v) is 1.95. The maximum Gasteiger partial charge on any atom is -0.00270 e. The average Bonchev–Trinajstić information content (AvgIpc) is 2.14. The number of hydrogen-bond acceptors (Lipinski definition) is 1. The van der Waals surface area contributed by atoms with E-state index in [2.05, 4.69) is 37.3 Å². The second-order valence-corrected chi connectivity index (χ2v) is 4.07. The van der Waals surface area contributed by atoms with Gasteiger partial charge in [0, 0.05) is 0 Å². The molecule has 1 aromatic rings. The van der Waals surface area contributed by atoms with Crippen molar-refractivity contribution in [3.05, 3.63) is 35.9 Å². The molecule has 0 nitrogen and oxygen atoms in total. The minimum Gasteiger partial charge on any atom is -0.162 e. The topological polar surface area (TPSA) is 0 Å². The van der Waals surface area contributed by atoms with Crippen molar-refractivity contribution in [3.63, 3.8) is 0 Å². The number of aryl methyl sites for hydroxylation is 1. The van der Waals surface area contributed by atoms with Crippen LogP contribution in [0, 0.1) is 0 Å². The first-order valence-electron chi connectivity index (χ1n) is 4.55. The molecule has 0 bridgehead atoms. The van der Waals surface area contributed by atoms with Crippen LogP contribution in [0.5, 0.6) is 0 Å². The zero-order valence-electron chi connectivity index (χ0n) is 7.62. The summed E-state index contributed by atoms with van der Waals surface area (Å²) in [4.78, 5) is 0. The molecule has 0 saturated carbocycles. The average molecular weight is 180 g/mol. The number of thioether (sulfide) groups is 1. The quantitative estimate of drug-likeness (QED) is 0.626. The lowest BCUT2D eigenvalue weighted by Crippen LogP contribution is -1.88. The van der Waals surface area contributed by atoms with Gasteiger partial charge in [0.05, 0.1) is 0 Å². The van der Waals surface area contributed by atoms with Crippen LogP contribution in [0.2, 0.25) is 0 Å². The summed E-state index contributed by atoms with van der Waals surface area (Å²) in [6, 6.07) is 10.7. The second kappa shape index (κ2) is 6.13. The molecule has 0 saturated heterocycles. The largest absolute Gasteiger partial charge is 0.162 e. The fraction of sp³-hybridized carbons (Fsp3) is 0.455. The smallest absolute Gasteiger partial charge is 0.00270 e. The Hall–Kier alpha value is -0.430. The van der Waals surface area contributed by atoms with Gasteiger partial charge in [-0.1, -0.05) is 37.3 Å². The molecule has 0 aliphatic rings. The standard InChI is InChI=1S/C11H16S/c1-2-9-12-10-8-11-6-4-3-5-7-11/h3-7H,2,8-10H2,1H3. The zero-order valence-corrected chi connectivity index (χ0v) is 8.44. The molecule has 1 rings (SSSR count). The SMILES string of the molecule is CCCSCCc1ccccc1. The predicted octanol–water partition coefficient (Wildman–Crippen LogP) is 3.37. The highest BCUT2D eigenvalue weighted by Crippen LogP contribution is 2.07. The van der Waals surface area contributed by atoms with Crippen LogP contribution < -0.4 is 0 Å². The van der Waals surface area contributed by atoms with Crippen LogP contribution in [0.15, 0.2) is 30.3 Å². The van der Waals surface area contributed by atoms with Crippen molar-refractivity contribution in [3.8, 4) is 0 Å². The summed E-state index contributed by atoms with van der Waals surface area (Å²) in [5.41, 5.74) is 1.46. The Labute approximate surface area is 79.4 Å². The van der Waals surface area contributed by atoms with E-state index >= 15 is 0 Å². The molecule has 1 aromatic carbocycles. The van der Waals surface area contributed by atoms with Gasteiger partial charge in [-0.15, -0.1) is 0 Å². The van der Waals surface area contributed by atoms with Crippen molar-refractivity contribution in [2.75, 3.05) is 11.5 Å². The summed E-state index contributed by atoms with van der Waals surface area (Å²) in [5, 5.41) is 0. The molecule has 0 aliphatic heterocycles. The van der Waals surface area contributed by atoms with Crippen molar-refractivity contribution in [2.45, 2.75) is 19.8 Å². The van der Waals surface area contributed by atoms with E-state index in [1.807, 2.05) is 11.8 Å². The highest BCUT2D eigenvalue weighted by atomic mass is 32.2. The van der Waals surface area contributed by atoms with Crippen molar-refractivity contribution in [1.82, 2.24) is 0 Å². The van der Waals surface area contributed by atoms with Crippen LogP contribution in [-0.2, 0) is 6.42 Å². The number of rotatable bonds is 5. The Morgan fingerprint density at radius 1 is 1.08 bits per heavy atom. The molecule has 0 amide bonds. The van der Waals surface area contributed by atoms with Gasteiger partial charge in [-0.25, -0.2) is 0 Å². The number of hydrogen-bond donors (Lipinski definition) is 0. The van der Waals surface area contributed by atoms with Gasteiger partial charge in [-0.3, -0.25) is 0 Å². The molecule has 1 heteroatoms. The van der Waals surface area contributed by atoms with E-state index < -0.39 is 0 Å². The van der Waals surface area contributed by atoms with Crippen LogP contribution in [0.3, 0.4) is 0 Å². The summed E-state index contributed by atoms with van der Waals surface area (Å²) in [7, 11) is 0. The van der Waals surface area contributed by atoms with Crippen molar-refractivity contribution < 1.29 is 0 Å². The van der Waals surface area contributed by atoms with Crippen molar-refractivity contribution in [1.29, 1.82) is 0 Å². The van der Waals surface area contributed by atoms with E-state index in [-0.39, 0.29) is 0 Å². The minimum atomic E-state index is 1.21. The van der Waals surface area contributed by atoms with Gasteiger partial charge >= 0.3 is 0 Å². The van der Waals surface area contributed by atoms with E-state index in [4.69, 9.17) is 0 Å². The molecule has 0 radical (unpaired) electrons. The van der Waals surface area contributed by atoms with Gasteiger partial charge in [-0.05, 0) is 29.9 Å². The molecule has 0 spiro atoms. The number of benzene rings is 1. The van der Waals surface area contributed by atoms with Gasteiger partial charge in [0.2, 0.25) is 0 Å². The molecular formula is C11H16S. The lowest BCUT2D eigenvalue weighted by molar-refractivity contribution is 1.09. The summed E-state index contributed by atoms with van der Waals surface area (Å²) in [5.74, 6) is 2.56. The molecule has 0 N–H and O–H groups in total. The molecule has 0 atom stereocenters. The Bertz CT molecular complexity index is 193. The first-order valence-corrected chi connectivity index (χ1v) is 5.70. The first-order chi connectivity index (χ1) is 5.93. The molecule has 66 valence electrons. The van der Waals surface area contributed by atoms with Gasteiger partial charge in [0.15, 0.2) is 0 Å². The van der Waals surface area contributed by atoms with E-state index in [1.54, 1.807) is 0 Å².